The van der Waals surface area contributed by atoms with Crippen molar-refractivity contribution in [2.24, 2.45) is 0 Å². The average molecular weight is 292 g/mol. The third kappa shape index (κ3) is 8.60. The van der Waals surface area contributed by atoms with Gasteiger partial charge >= 0.3 is 0 Å². The van der Waals surface area contributed by atoms with Crippen molar-refractivity contribution in [2.75, 3.05) is 19.8 Å². The molecule has 4 N–H and O–H groups in total. The minimum absolute atomic E-state index is 0.300. The third-order valence-corrected chi connectivity index (χ3v) is 3.12. The normalized spacial score (nSPS) is 15.8. The summed E-state index contributed by atoms with van der Waals surface area (Å²) in [6, 6.07) is 0. The third-order valence-electron chi connectivity index (χ3n) is 3.12. The van der Waals surface area contributed by atoms with Crippen LogP contribution in [0.25, 0.3) is 0 Å². The molecule has 0 aromatic carbocycles. The molecule has 0 amide bonds. The van der Waals surface area contributed by atoms with Crippen LogP contribution in [-0.2, 0) is 9.53 Å². The van der Waals surface area contributed by atoms with Crippen molar-refractivity contribution in [3.8, 4) is 0 Å². The van der Waals surface area contributed by atoms with Gasteiger partial charge in [0.25, 0.3) is 0 Å². The Morgan fingerprint density at radius 1 is 1.05 bits per heavy atom. The van der Waals surface area contributed by atoms with Crippen molar-refractivity contribution in [3.63, 3.8) is 0 Å². The van der Waals surface area contributed by atoms with E-state index in [4.69, 9.17) is 14.9 Å². The lowest BCUT2D eigenvalue weighted by molar-refractivity contribution is -0.144. The van der Waals surface area contributed by atoms with Crippen LogP contribution in [-0.4, -0.2) is 64.3 Å². The summed E-state index contributed by atoms with van der Waals surface area (Å²) in [7, 11) is 0. The summed E-state index contributed by atoms with van der Waals surface area (Å²) in [5, 5.41) is 36.5. The zero-order valence-corrected chi connectivity index (χ0v) is 12.2. The Kier molecular flexibility index (Phi) is 11.9. The largest absolute Gasteiger partial charge is 0.394 e. The minimum atomic E-state index is -1.73. The maximum absolute atomic E-state index is 11.5. The van der Waals surface area contributed by atoms with Crippen molar-refractivity contribution in [3.05, 3.63) is 0 Å². The predicted molar refractivity (Wildman–Crippen MR) is 74.3 cm³/mol. The summed E-state index contributed by atoms with van der Waals surface area (Å²) < 4.78 is 5.12. The number of carbonyl (C=O) groups excluding carboxylic acids is 1. The van der Waals surface area contributed by atoms with Crippen molar-refractivity contribution < 1.29 is 30.0 Å². The van der Waals surface area contributed by atoms with Gasteiger partial charge in [0.1, 0.15) is 24.9 Å². The first kappa shape index (κ1) is 19.5. The van der Waals surface area contributed by atoms with Gasteiger partial charge in [0.15, 0.2) is 5.78 Å². The van der Waals surface area contributed by atoms with E-state index in [0.717, 1.165) is 19.3 Å². The van der Waals surface area contributed by atoms with Crippen LogP contribution in [0.2, 0.25) is 0 Å². The Bertz CT molecular complexity index is 246. The van der Waals surface area contributed by atoms with E-state index in [-0.39, 0.29) is 6.61 Å². The number of ether oxygens (including phenoxy) is 1. The van der Waals surface area contributed by atoms with Crippen LogP contribution < -0.4 is 0 Å². The maximum atomic E-state index is 11.5. The van der Waals surface area contributed by atoms with E-state index in [1.54, 1.807) is 0 Å². The van der Waals surface area contributed by atoms with Gasteiger partial charge in [0, 0.05) is 6.61 Å². The number of Topliss-reactive ketones (excluding diaryl/α,β-unsaturated/α-hetero) is 1. The number of unbranched alkanes of at least 4 members (excludes halogenated alkanes) is 5. The maximum Gasteiger partial charge on any atom is 0.189 e. The van der Waals surface area contributed by atoms with Gasteiger partial charge < -0.3 is 25.2 Å². The quantitative estimate of drug-likeness (QED) is 0.356. The molecule has 0 bridgehead atoms. The van der Waals surface area contributed by atoms with Crippen LogP contribution in [0, 0.1) is 0 Å². The molecule has 0 aromatic rings. The molecule has 0 spiro atoms. The summed E-state index contributed by atoms with van der Waals surface area (Å²) >= 11 is 0. The first-order valence-electron chi connectivity index (χ1n) is 7.30. The molecule has 0 rings (SSSR count). The van der Waals surface area contributed by atoms with Crippen molar-refractivity contribution in [1.29, 1.82) is 0 Å². The average Bonchev–Trinajstić information content (AvgIpc) is 2.47. The molecule has 6 nitrogen and oxygen atoms in total. The van der Waals surface area contributed by atoms with E-state index in [2.05, 4.69) is 6.92 Å². The molecule has 0 aliphatic heterocycles. The van der Waals surface area contributed by atoms with Crippen LogP contribution in [0.4, 0.5) is 0 Å². The highest BCUT2D eigenvalue weighted by atomic mass is 16.5. The van der Waals surface area contributed by atoms with Gasteiger partial charge in [-0.1, -0.05) is 39.0 Å². The van der Waals surface area contributed by atoms with Gasteiger partial charge in [-0.3, -0.25) is 4.79 Å². The number of carbonyl (C=O) groups is 1. The molecule has 0 heterocycles. The number of hydrogen-bond acceptors (Lipinski definition) is 6. The summed E-state index contributed by atoms with van der Waals surface area (Å²) in [6.07, 6.45) is 1.73. The number of aliphatic hydroxyl groups excluding tert-OH is 4. The highest BCUT2D eigenvalue weighted by Gasteiger charge is 2.29. The number of rotatable bonds is 13. The Morgan fingerprint density at radius 3 is 2.25 bits per heavy atom. The second kappa shape index (κ2) is 12.2. The van der Waals surface area contributed by atoms with Crippen LogP contribution in [0.5, 0.6) is 0 Å². The van der Waals surface area contributed by atoms with Crippen LogP contribution in [0.1, 0.15) is 45.4 Å². The van der Waals surface area contributed by atoms with Gasteiger partial charge in [-0.05, 0) is 6.42 Å². The van der Waals surface area contributed by atoms with E-state index >= 15 is 0 Å². The van der Waals surface area contributed by atoms with E-state index in [1.807, 2.05) is 0 Å². The standard InChI is InChI=1S/C14H28O6/c1-2-3-4-5-6-7-8-20-10-12(17)14(19)13(18)11(16)9-15/h11,13-16,18-19H,2-10H2,1H3. The molecule has 0 saturated carbocycles. The summed E-state index contributed by atoms with van der Waals surface area (Å²) in [5.74, 6) is -0.698. The van der Waals surface area contributed by atoms with Crippen molar-refractivity contribution in [1.82, 2.24) is 0 Å². The Balaban J connectivity index is 3.62. The van der Waals surface area contributed by atoms with Gasteiger partial charge in [0.2, 0.25) is 0 Å². The summed E-state index contributed by atoms with van der Waals surface area (Å²) in [5.41, 5.74) is 0. The van der Waals surface area contributed by atoms with Crippen molar-refractivity contribution >= 4 is 5.78 Å². The molecule has 6 heteroatoms. The van der Waals surface area contributed by atoms with E-state index in [0.29, 0.717) is 6.61 Å². The van der Waals surface area contributed by atoms with Gasteiger partial charge in [-0.15, -0.1) is 0 Å². The Morgan fingerprint density at radius 2 is 1.65 bits per heavy atom. The molecular formula is C14H28O6. The van der Waals surface area contributed by atoms with E-state index < -0.39 is 30.7 Å². The second-order valence-corrected chi connectivity index (χ2v) is 4.97. The highest BCUT2D eigenvalue weighted by Crippen LogP contribution is 2.05. The molecule has 0 saturated heterocycles. The molecule has 0 fully saturated rings. The SMILES string of the molecule is CCCCCCCCOCC(=O)C(O)C(O)C(O)CO. The number of ketones is 1. The molecule has 0 radical (unpaired) electrons. The molecule has 0 aliphatic carbocycles. The first-order chi connectivity index (χ1) is 9.54. The molecular weight excluding hydrogens is 264 g/mol. The monoisotopic (exact) mass is 292 g/mol. The van der Waals surface area contributed by atoms with Crippen LogP contribution in [0.15, 0.2) is 0 Å². The fourth-order valence-electron chi connectivity index (χ4n) is 1.75. The zero-order valence-electron chi connectivity index (χ0n) is 12.2. The summed E-state index contributed by atoms with van der Waals surface area (Å²) in [4.78, 5) is 11.5. The summed E-state index contributed by atoms with van der Waals surface area (Å²) in [6.45, 7) is 1.57. The Labute approximate surface area is 120 Å². The zero-order chi connectivity index (χ0) is 15.4. The predicted octanol–water partition coefficient (Wildman–Crippen LogP) is 0.00760. The highest BCUT2D eigenvalue weighted by molar-refractivity contribution is 5.84. The molecule has 3 unspecified atom stereocenters. The van der Waals surface area contributed by atoms with E-state index in [1.165, 1.54) is 19.3 Å². The Hall–Kier alpha value is -0.530. The molecule has 120 valence electrons. The lowest BCUT2D eigenvalue weighted by atomic mass is 10.1. The van der Waals surface area contributed by atoms with Gasteiger partial charge in [-0.2, -0.15) is 0 Å². The molecule has 0 aliphatic rings. The fraction of sp³-hybridized carbons (Fsp3) is 0.929. The lowest BCUT2D eigenvalue weighted by Gasteiger charge is -2.20. The first-order valence-corrected chi connectivity index (χ1v) is 7.30. The topological polar surface area (TPSA) is 107 Å². The van der Waals surface area contributed by atoms with Crippen LogP contribution in [0.3, 0.4) is 0 Å². The van der Waals surface area contributed by atoms with Crippen LogP contribution >= 0.6 is 0 Å². The smallest absolute Gasteiger partial charge is 0.189 e. The molecule has 0 aromatic heterocycles. The molecule has 20 heavy (non-hydrogen) atoms. The fourth-order valence-corrected chi connectivity index (χ4v) is 1.75. The lowest BCUT2D eigenvalue weighted by Crippen LogP contribution is -2.45. The van der Waals surface area contributed by atoms with E-state index in [9.17, 15) is 15.0 Å². The van der Waals surface area contributed by atoms with Crippen molar-refractivity contribution in [2.45, 2.75) is 63.8 Å². The van der Waals surface area contributed by atoms with Gasteiger partial charge in [-0.25, -0.2) is 0 Å². The number of hydrogen-bond donors (Lipinski definition) is 4. The molecule has 3 atom stereocenters. The van der Waals surface area contributed by atoms with Gasteiger partial charge in [0.05, 0.1) is 6.61 Å². The minimum Gasteiger partial charge on any atom is -0.394 e. The number of aliphatic hydroxyl groups is 4. The second-order valence-electron chi connectivity index (χ2n) is 4.97.